The van der Waals surface area contributed by atoms with E-state index in [9.17, 15) is 14.9 Å². The van der Waals surface area contributed by atoms with Crippen molar-refractivity contribution in [2.75, 3.05) is 14.2 Å². The van der Waals surface area contributed by atoms with E-state index in [1.807, 2.05) is 84.9 Å². The maximum Gasteiger partial charge on any atom is 0.261 e. The Labute approximate surface area is 233 Å². The van der Waals surface area contributed by atoms with Crippen molar-refractivity contribution in [2.24, 2.45) is 5.92 Å². The van der Waals surface area contributed by atoms with Crippen molar-refractivity contribution < 1.29 is 19.1 Å². The van der Waals surface area contributed by atoms with Crippen LogP contribution in [0.15, 0.2) is 103 Å². The van der Waals surface area contributed by atoms with Crippen molar-refractivity contribution in [3.8, 4) is 28.7 Å². The molecule has 40 heavy (non-hydrogen) atoms. The highest BCUT2D eigenvalue weighted by atomic mass is 16.5. The summed E-state index contributed by atoms with van der Waals surface area (Å²) in [6.45, 7) is 0. The molecule has 4 aromatic carbocycles. The summed E-state index contributed by atoms with van der Waals surface area (Å²) in [6.07, 6.45) is 4.30. The van der Waals surface area contributed by atoms with Gasteiger partial charge in [-0.25, -0.2) is 0 Å². The number of benzene rings is 4. The van der Waals surface area contributed by atoms with E-state index < -0.39 is 12.0 Å². The Kier molecular flexibility index (Phi) is 7.75. The average Bonchev–Trinajstić information content (AvgIpc) is 3.01. The SMILES string of the molecule is COc1ccc(-c2ccc(C(=O)N3C(=O)[C@H](Cc4cccc(C#N)c4)[C@H]3/C=C/c3ccccc3)cc2)c(OC)c1. The predicted octanol–water partition coefficient (Wildman–Crippen LogP) is 6.17. The normalized spacial score (nSPS) is 16.3. The van der Waals surface area contributed by atoms with Crippen LogP contribution in [0.3, 0.4) is 0 Å². The van der Waals surface area contributed by atoms with Gasteiger partial charge in [-0.2, -0.15) is 5.26 Å². The van der Waals surface area contributed by atoms with Gasteiger partial charge >= 0.3 is 0 Å². The minimum absolute atomic E-state index is 0.226. The van der Waals surface area contributed by atoms with E-state index in [1.165, 1.54) is 4.90 Å². The van der Waals surface area contributed by atoms with Crippen LogP contribution in [0.25, 0.3) is 17.2 Å². The Morgan fingerprint density at radius 1 is 0.925 bits per heavy atom. The number of rotatable bonds is 8. The Morgan fingerprint density at radius 2 is 1.70 bits per heavy atom. The van der Waals surface area contributed by atoms with Crippen LogP contribution in [0.4, 0.5) is 0 Å². The first-order valence-corrected chi connectivity index (χ1v) is 12.9. The molecule has 1 heterocycles. The molecule has 4 aromatic rings. The Bertz CT molecular complexity index is 1600. The molecule has 1 fully saturated rings. The zero-order valence-corrected chi connectivity index (χ0v) is 22.3. The Hall–Kier alpha value is -5.15. The lowest BCUT2D eigenvalue weighted by atomic mass is 9.81. The second-order valence-corrected chi connectivity index (χ2v) is 9.54. The number of β-lactam (4-membered cyclic amide) rings is 1. The van der Waals surface area contributed by atoms with E-state index in [-0.39, 0.29) is 11.8 Å². The monoisotopic (exact) mass is 528 g/mol. The molecule has 1 aliphatic heterocycles. The van der Waals surface area contributed by atoms with E-state index in [2.05, 4.69) is 6.07 Å². The van der Waals surface area contributed by atoms with Crippen molar-refractivity contribution in [3.63, 3.8) is 0 Å². The van der Waals surface area contributed by atoms with Crippen LogP contribution in [0.2, 0.25) is 0 Å². The molecule has 0 spiro atoms. The Balaban J connectivity index is 1.40. The Morgan fingerprint density at radius 3 is 2.40 bits per heavy atom. The maximum atomic E-state index is 13.6. The molecule has 1 saturated heterocycles. The highest BCUT2D eigenvalue weighted by Gasteiger charge is 2.49. The zero-order valence-electron chi connectivity index (χ0n) is 22.3. The van der Waals surface area contributed by atoms with Crippen LogP contribution in [-0.4, -0.2) is 37.0 Å². The number of hydrogen-bond acceptors (Lipinski definition) is 5. The summed E-state index contributed by atoms with van der Waals surface area (Å²) in [7, 11) is 3.20. The van der Waals surface area contributed by atoms with Crippen molar-refractivity contribution >= 4 is 17.9 Å². The summed E-state index contributed by atoms with van der Waals surface area (Å²) in [5.41, 5.74) is 4.58. The van der Waals surface area contributed by atoms with Gasteiger partial charge in [0.1, 0.15) is 11.5 Å². The van der Waals surface area contributed by atoms with Gasteiger partial charge in [0, 0.05) is 17.2 Å². The highest BCUT2D eigenvalue weighted by Crippen LogP contribution is 2.35. The molecule has 0 unspecified atom stereocenters. The molecular weight excluding hydrogens is 500 g/mol. The lowest BCUT2D eigenvalue weighted by molar-refractivity contribution is -0.147. The third-order valence-corrected chi connectivity index (χ3v) is 7.13. The molecule has 0 bridgehead atoms. The van der Waals surface area contributed by atoms with Gasteiger partial charge in [0.15, 0.2) is 0 Å². The molecule has 2 atom stereocenters. The largest absolute Gasteiger partial charge is 0.497 e. The molecule has 0 N–H and O–H groups in total. The van der Waals surface area contributed by atoms with Crippen molar-refractivity contribution in [1.29, 1.82) is 5.26 Å². The first kappa shape index (κ1) is 26.5. The molecule has 0 saturated carbocycles. The van der Waals surface area contributed by atoms with Crippen molar-refractivity contribution in [3.05, 3.63) is 125 Å². The molecule has 0 radical (unpaired) electrons. The van der Waals surface area contributed by atoms with Gasteiger partial charge < -0.3 is 9.47 Å². The minimum Gasteiger partial charge on any atom is -0.497 e. The summed E-state index contributed by atoms with van der Waals surface area (Å²) in [4.78, 5) is 28.3. The standard InChI is InChI=1S/C34H28N2O4/c1-39-28-16-17-29(32(21-28)40-2)26-12-14-27(15-13-26)33(37)36-31(18-11-23-7-4-3-5-8-23)30(34(36)38)20-24-9-6-10-25(19-24)22-35/h3-19,21,30-31H,20H2,1-2H3/b18-11+/t30-,31-/m1/s1. The third-order valence-electron chi connectivity index (χ3n) is 7.13. The summed E-state index contributed by atoms with van der Waals surface area (Å²) < 4.78 is 10.8. The van der Waals surface area contributed by atoms with Crippen LogP contribution in [-0.2, 0) is 11.2 Å². The number of carbonyl (C=O) groups excluding carboxylic acids is 2. The number of ether oxygens (including phenoxy) is 2. The molecule has 1 aliphatic rings. The fraction of sp³-hybridized carbons (Fsp3) is 0.147. The molecule has 0 aromatic heterocycles. The van der Waals surface area contributed by atoms with E-state index in [0.717, 1.165) is 22.3 Å². The summed E-state index contributed by atoms with van der Waals surface area (Å²) >= 11 is 0. The molecule has 5 rings (SSSR count). The number of imide groups is 1. The number of nitriles is 1. The summed E-state index contributed by atoms with van der Waals surface area (Å²) in [5.74, 6) is 0.373. The number of amides is 2. The van der Waals surface area contributed by atoms with Gasteiger partial charge in [0.2, 0.25) is 5.91 Å². The molecule has 198 valence electrons. The highest BCUT2D eigenvalue weighted by molar-refractivity contribution is 6.10. The number of hydrogen-bond donors (Lipinski definition) is 0. The van der Waals surface area contributed by atoms with E-state index in [0.29, 0.717) is 29.0 Å². The summed E-state index contributed by atoms with van der Waals surface area (Å²) in [5, 5.41) is 9.27. The van der Waals surface area contributed by atoms with Crippen LogP contribution >= 0.6 is 0 Å². The minimum atomic E-state index is -0.410. The molecule has 6 nitrogen and oxygen atoms in total. The molecule has 0 aliphatic carbocycles. The van der Waals surface area contributed by atoms with Gasteiger partial charge in [-0.15, -0.1) is 0 Å². The fourth-order valence-corrected chi connectivity index (χ4v) is 5.00. The van der Waals surface area contributed by atoms with Crippen LogP contribution < -0.4 is 9.47 Å². The number of nitrogens with zero attached hydrogens (tertiary/aromatic N) is 2. The van der Waals surface area contributed by atoms with Gasteiger partial charge in [-0.1, -0.05) is 66.7 Å². The second kappa shape index (κ2) is 11.7. The van der Waals surface area contributed by atoms with E-state index >= 15 is 0 Å². The summed E-state index contributed by atoms with van der Waals surface area (Å²) in [6, 6.07) is 31.5. The molecular formula is C34H28N2O4. The molecule has 6 heteroatoms. The zero-order chi connectivity index (χ0) is 28.1. The average molecular weight is 529 g/mol. The van der Waals surface area contributed by atoms with Crippen LogP contribution in [0.5, 0.6) is 11.5 Å². The van der Waals surface area contributed by atoms with Crippen LogP contribution in [0.1, 0.15) is 27.0 Å². The maximum absolute atomic E-state index is 13.6. The van der Waals surface area contributed by atoms with Crippen molar-refractivity contribution in [2.45, 2.75) is 12.5 Å². The molecule has 2 amide bonds. The van der Waals surface area contributed by atoms with E-state index in [1.54, 1.807) is 38.5 Å². The lowest BCUT2D eigenvalue weighted by Crippen LogP contribution is -2.62. The van der Waals surface area contributed by atoms with Gasteiger partial charge in [0.25, 0.3) is 5.91 Å². The van der Waals surface area contributed by atoms with Crippen LogP contribution in [0, 0.1) is 17.2 Å². The number of carbonyl (C=O) groups is 2. The second-order valence-electron chi connectivity index (χ2n) is 9.54. The number of methoxy groups -OCH3 is 2. The van der Waals surface area contributed by atoms with Gasteiger partial charge in [-0.3, -0.25) is 14.5 Å². The fourth-order valence-electron chi connectivity index (χ4n) is 5.00. The first-order valence-electron chi connectivity index (χ1n) is 12.9. The predicted molar refractivity (Wildman–Crippen MR) is 154 cm³/mol. The lowest BCUT2D eigenvalue weighted by Gasteiger charge is -2.44. The van der Waals surface area contributed by atoms with E-state index in [4.69, 9.17) is 9.47 Å². The number of likely N-dealkylation sites (tertiary alicyclic amines) is 1. The first-order chi connectivity index (χ1) is 19.5. The van der Waals surface area contributed by atoms with Crippen molar-refractivity contribution in [1.82, 2.24) is 4.90 Å². The topological polar surface area (TPSA) is 79.6 Å². The quantitative estimate of drug-likeness (QED) is 0.202. The smallest absolute Gasteiger partial charge is 0.261 e. The third kappa shape index (κ3) is 5.36. The van der Waals surface area contributed by atoms with Gasteiger partial charge in [-0.05, 0) is 59.5 Å². The van der Waals surface area contributed by atoms with Gasteiger partial charge in [0.05, 0.1) is 37.8 Å².